The zero-order chi connectivity index (χ0) is 11.4. The molecule has 1 aromatic carbocycles. The summed E-state index contributed by atoms with van der Waals surface area (Å²) in [6, 6.07) is 5.13. The van der Waals surface area contributed by atoms with Gasteiger partial charge in [-0.3, -0.25) is 0 Å². The van der Waals surface area contributed by atoms with E-state index in [0.717, 1.165) is 6.42 Å². The molecule has 0 bridgehead atoms. The molecular formula is C11H14ClNO3. The molecule has 1 aromatic rings. The molecule has 0 unspecified atom stereocenters. The minimum atomic E-state index is -0.303. The maximum atomic E-state index is 5.96. The highest BCUT2D eigenvalue weighted by atomic mass is 35.5. The van der Waals surface area contributed by atoms with E-state index in [2.05, 4.69) is 0 Å². The number of hydrogen-bond donors (Lipinski definition) is 1. The summed E-state index contributed by atoms with van der Waals surface area (Å²) in [5.41, 5.74) is 6.19. The second-order valence-corrected chi connectivity index (χ2v) is 3.93. The molecule has 1 aliphatic rings. The number of benzene rings is 1. The van der Waals surface area contributed by atoms with Crippen molar-refractivity contribution in [2.45, 2.75) is 12.7 Å². The van der Waals surface area contributed by atoms with Gasteiger partial charge in [0.2, 0.25) is 0 Å². The Bertz CT molecular complexity index is 353. The Kier molecular flexibility index (Phi) is 3.88. The Labute approximate surface area is 99.2 Å². The van der Waals surface area contributed by atoms with E-state index >= 15 is 0 Å². The van der Waals surface area contributed by atoms with Gasteiger partial charge in [-0.05, 0) is 24.6 Å². The largest absolute Gasteiger partial charge is 0.487 e. The molecule has 2 N–H and O–H groups in total. The first-order valence-corrected chi connectivity index (χ1v) is 5.54. The monoisotopic (exact) mass is 243 g/mol. The van der Waals surface area contributed by atoms with Crippen molar-refractivity contribution in [1.29, 1.82) is 0 Å². The maximum Gasteiger partial charge on any atom is 0.191 e. The van der Waals surface area contributed by atoms with Crippen LogP contribution < -0.4 is 10.5 Å². The van der Waals surface area contributed by atoms with Crippen LogP contribution in [-0.2, 0) is 9.47 Å². The van der Waals surface area contributed by atoms with E-state index in [0.29, 0.717) is 36.3 Å². The van der Waals surface area contributed by atoms with E-state index in [1.807, 2.05) is 0 Å². The van der Waals surface area contributed by atoms with Crippen molar-refractivity contribution in [1.82, 2.24) is 0 Å². The van der Waals surface area contributed by atoms with Crippen LogP contribution in [0.2, 0.25) is 5.02 Å². The van der Waals surface area contributed by atoms with Crippen LogP contribution >= 0.6 is 11.6 Å². The van der Waals surface area contributed by atoms with Crippen LogP contribution in [0.25, 0.3) is 0 Å². The molecule has 1 aliphatic heterocycles. The number of rotatable bonds is 3. The molecule has 16 heavy (non-hydrogen) atoms. The highest BCUT2D eigenvalue weighted by Crippen LogP contribution is 2.26. The van der Waals surface area contributed by atoms with Gasteiger partial charge in [0.1, 0.15) is 12.4 Å². The third-order valence-electron chi connectivity index (χ3n) is 2.23. The summed E-state index contributed by atoms with van der Waals surface area (Å²) in [4.78, 5) is 0. The zero-order valence-electron chi connectivity index (χ0n) is 8.82. The van der Waals surface area contributed by atoms with Crippen LogP contribution in [0.3, 0.4) is 0 Å². The lowest BCUT2D eigenvalue weighted by Gasteiger charge is -2.23. The summed E-state index contributed by atoms with van der Waals surface area (Å²) in [6.07, 6.45) is 0.626. The van der Waals surface area contributed by atoms with Crippen LogP contribution in [0, 0.1) is 0 Å². The second kappa shape index (κ2) is 5.39. The third-order valence-corrected chi connectivity index (χ3v) is 2.52. The number of anilines is 1. The first-order chi connectivity index (χ1) is 7.75. The predicted octanol–water partition coefficient (Wildman–Crippen LogP) is 2.06. The van der Waals surface area contributed by atoms with Crippen molar-refractivity contribution < 1.29 is 14.2 Å². The highest BCUT2D eigenvalue weighted by Gasteiger charge is 2.15. The van der Waals surface area contributed by atoms with Crippen LogP contribution in [0.15, 0.2) is 18.2 Å². The van der Waals surface area contributed by atoms with Gasteiger partial charge < -0.3 is 19.9 Å². The van der Waals surface area contributed by atoms with Crippen LogP contribution in [0.4, 0.5) is 5.69 Å². The molecule has 5 heteroatoms. The van der Waals surface area contributed by atoms with Crippen molar-refractivity contribution in [2.75, 3.05) is 25.6 Å². The quantitative estimate of drug-likeness (QED) is 0.826. The Balaban J connectivity index is 1.88. The summed E-state index contributed by atoms with van der Waals surface area (Å²) in [7, 11) is 0. The van der Waals surface area contributed by atoms with Crippen LogP contribution in [0.5, 0.6) is 5.75 Å². The van der Waals surface area contributed by atoms with Gasteiger partial charge in [0.15, 0.2) is 6.29 Å². The predicted molar refractivity (Wildman–Crippen MR) is 61.7 cm³/mol. The number of nitrogen functional groups attached to an aromatic ring is 1. The Morgan fingerprint density at radius 1 is 1.38 bits per heavy atom. The van der Waals surface area contributed by atoms with Crippen molar-refractivity contribution in [3.8, 4) is 5.75 Å². The molecule has 1 saturated heterocycles. The van der Waals surface area contributed by atoms with Gasteiger partial charge in [0, 0.05) is 5.69 Å². The van der Waals surface area contributed by atoms with E-state index < -0.39 is 0 Å². The Morgan fingerprint density at radius 3 is 2.81 bits per heavy atom. The number of hydrogen-bond acceptors (Lipinski definition) is 4. The minimum Gasteiger partial charge on any atom is -0.487 e. The summed E-state index contributed by atoms with van der Waals surface area (Å²) < 4.78 is 16.2. The maximum absolute atomic E-state index is 5.96. The number of nitrogens with two attached hydrogens (primary N) is 1. The fraction of sp³-hybridized carbons (Fsp3) is 0.455. The lowest BCUT2D eigenvalue weighted by atomic mass is 10.3. The standard InChI is InChI=1S/C11H14ClNO3/c12-9-6-8(13)2-3-10(9)16-7-11-14-4-1-5-15-11/h2-3,6,11H,1,4-5,7,13H2. The molecule has 1 heterocycles. The number of halogens is 1. The fourth-order valence-corrected chi connectivity index (χ4v) is 1.67. The zero-order valence-corrected chi connectivity index (χ0v) is 9.57. The average Bonchev–Trinajstić information content (AvgIpc) is 2.29. The topological polar surface area (TPSA) is 53.7 Å². The second-order valence-electron chi connectivity index (χ2n) is 3.53. The van der Waals surface area contributed by atoms with Gasteiger partial charge in [-0.15, -0.1) is 0 Å². The van der Waals surface area contributed by atoms with Crippen molar-refractivity contribution >= 4 is 17.3 Å². The highest BCUT2D eigenvalue weighted by molar-refractivity contribution is 6.32. The van der Waals surface area contributed by atoms with Gasteiger partial charge >= 0.3 is 0 Å². The van der Waals surface area contributed by atoms with Gasteiger partial charge in [-0.1, -0.05) is 11.6 Å². The molecule has 0 aliphatic carbocycles. The minimum absolute atomic E-state index is 0.303. The van der Waals surface area contributed by atoms with Crippen molar-refractivity contribution in [3.05, 3.63) is 23.2 Å². The number of ether oxygens (including phenoxy) is 3. The fourth-order valence-electron chi connectivity index (χ4n) is 1.42. The first-order valence-electron chi connectivity index (χ1n) is 5.17. The summed E-state index contributed by atoms with van der Waals surface area (Å²) in [5.74, 6) is 0.591. The van der Waals surface area contributed by atoms with Gasteiger partial charge in [-0.2, -0.15) is 0 Å². The van der Waals surface area contributed by atoms with E-state index in [1.54, 1.807) is 18.2 Å². The van der Waals surface area contributed by atoms with E-state index in [4.69, 9.17) is 31.5 Å². The SMILES string of the molecule is Nc1ccc(OCC2OCCCO2)c(Cl)c1. The Hall–Kier alpha value is -0.970. The van der Waals surface area contributed by atoms with Crippen LogP contribution in [0.1, 0.15) is 6.42 Å². The van der Waals surface area contributed by atoms with Crippen molar-refractivity contribution in [2.24, 2.45) is 0 Å². The van der Waals surface area contributed by atoms with E-state index in [-0.39, 0.29) is 6.29 Å². The molecule has 1 fully saturated rings. The molecule has 0 radical (unpaired) electrons. The molecule has 2 rings (SSSR count). The third kappa shape index (κ3) is 3.01. The molecule has 0 spiro atoms. The van der Waals surface area contributed by atoms with Crippen molar-refractivity contribution in [3.63, 3.8) is 0 Å². The average molecular weight is 244 g/mol. The van der Waals surface area contributed by atoms with Gasteiger partial charge in [-0.25, -0.2) is 0 Å². The Morgan fingerprint density at radius 2 is 2.12 bits per heavy atom. The molecule has 88 valence electrons. The lowest BCUT2D eigenvalue weighted by molar-refractivity contribution is -0.191. The van der Waals surface area contributed by atoms with E-state index in [1.165, 1.54) is 0 Å². The molecule has 0 saturated carbocycles. The first kappa shape index (κ1) is 11.5. The van der Waals surface area contributed by atoms with Gasteiger partial charge in [0.05, 0.1) is 18.2 Å². The van der Waals surface area contributed by atoms with E-state index in [9.17, 15) is 0 Å². The molecule has 0 aromatic heterocycles. The molecule has 0 atom stereocenters. The van der Waals surface area contributed by atoms with Gasteiger partial charge in [0.25, 0.3) is 0 Å². The normalized spacial score (nSPS) is 17.3. The summed E-state index contributed by atoms with van der Waals surface area (Å²) >= 11 is 5.96. The molecular weight excluding hydrogens is 230 g/mol. The lowest BCUT2D eigenvalue weighted by Crippen LogP contribution is -2.30. The molecule has 4 nitrogen and oxygen atoms in total. The summed E-state index contributed by atoms with van der Waals surface area (Å²) in [5, 5.41) is 0.496. The molecule has 0 amide bonds. The van der Waals surface area contributed by atoms with Crippen LogP contribution in [-0.4, -0.2) is 26.1 Å². The smallest absolute Gasteiger partial charge is 0.191 e. The summed E-state index contributed by atoms with van der Waals surface area (Å²) in [6.45, 7) is 1.76.